The van der Waals surface area contributed by atoms with Crippen LogP contribution in [-0.2, 0) is 14.8 Å². The molecule has 0 saturated carbocycles. The second kappa shape index (κ2) is 6.66. The fourth-order valence-corrected chi connectivity index (χ4v) is 3.53. The average molecular weight is 326 g/mol. The first-order valence-corrected chi connectivity index (χ1v) is 8.95. The second-order valence-corrected chi connectivity index (χ2v) is 7.39. The van der Waals surface area contributed by atoms with E-state index in [4.69, 9.17) is 4.74 Å². The molecule has 0 fully saturated rings. The van der Waals surface area contributed by atoms with Gasteiger partial charge >= 0.3 is 0 Å². The number of ether oxygens (including phenoxy) is 1. The molecule has 22 heavy (non-hydrogen) atoms. The van der Waals surface area contributed by atoms with Gasteiger partial charge in [0.25, 0.3) is 5.91 Å². The highest BCUT2D eigenvalue weighted by Crippen LogP contribution is 2.32. The Labute approximate surface area is 131 Å². The van der Waals surface area contributed by atoms with E-state index in [-0.39, 0.29) is 16.8 Å². The van der Waals surface area contributed by atoms with Gasteiger partial charge in [-0.15, -0.1) is 0 Å². The van der Waals surface area contributed by atoms with Gasteiger partial charge < -0.3 is 10.1 Å². The third-order valence-corrected chi connectivity index (χ3v) is 4.95. The average Bonchev–Trinajstić information content (AvgIpc) is 2.43. The standard InChI is InChI=1S/C15H22N2O4S/c1-4-5-6-14-15(18)16-12-9-11(7-8-13(12)21-14)22(19,20)17-10(2)3/h7-10,14,17H,4-6H2,1-3H3,(H,16,18)/t14-/m1/s1. The lowest BCUT2D eigenvalue weighted by atomic mass is 10.1. The van der Waals surface area contributed by atoms with Crippen molar-refractivity contribution in [2.75, 3.05) is 5.32 Å². The predicted octanol–water partition coefficient (Wildman–Crippen LogP) is 2.26. The van der Waals surface area contributed by atoms with Gasteiger partial charge in [-0.3, -0.25) is 4.79 Å². The lowest BCUT2D eigenvalue weighted by Crippen LogP contribution is -2.37. The SMILES string of the molecule is CCCC[C@H]1Oc2ccc(S(=O)(=O)NC(C)C)cc2NC1=O. The van der Waals surface area contributed by atoms with Crippen molar-refractivity contribution in [3.05, 3.63) is 18.2 Å². The number of rotatable bonds is 6. The summed E-state index contributed by atoms with van der Waals surface area (Å²) in [6, 6.07) is 4.29. The van der Waals surface area contributed by atoms with E-state index in [0.717, 1.165) is 12.8 Å². The van der Waals surface area contributed by atoms with Gasteiger partial charge in [-0.25, -0.2) is 13.1 Å². The van der Waals surface area contributed by atoms with E-state index in [1.165, 1.54) is 12.1 Å². The van der Waals surface area contributed by atoms with E-state index in [9.17, 15) is 13.2 Å². The Hall–Kier alpha value is -1.60. The first-order valence-electron chi connectivity index (χ1n) is 7.47. The summed E-state index contributed by atoms with van der Waals surface area (Å²) < 4.78 is 32.5. The normalized spacial score (nSPS) is 17.8. The molecule has 2 N–H and O–H groups in total. The number of benzene rings is 1. The fraction of sp³-hybridized carbons (Fsp3) is 0.533. The maximum Gasteiger partial charge on any atom is 0.265 e. The van der Waals surface area contributed by atoms with Crippen molar-refractivity contribution in [2.24, 2.45) is 0 Å². The minimum absolute atomic E-state index is 0.107. The molecule has 1 amide bonds. The number of unbranched alkanes of at least 4 members (excludes halogenated alkanes) is 1. The highest BCUT2D eigenvalue weighted by atomic mass is 32.2. The van der Waals surface area contributed by atoms with Crippen LogP contribution in [0, 0.1) is 0 Å². The third-order valence-electron chi connectivity index (χ3n) is 3.29. The molecular weight excluding hydrogens is 304 g/mol. The number of hydrogen-bond donors (Lipinski definition) is 2. The number of hydrogen-bond acceptors (Lipinski definition) is 4. The van der Waals surface area contributed by atoms with Crippen molar-refractivity contribution in [3.63, 3.8) is 0 Å². The van der Waals surface area contributed by atoms with Crippen molar-refractivity contribution in [2.45, 2.75) is 57.1 Å². The minimum atomic E-state index is -3.60. The van der Waals surface area contributed by atoms with Gasteiger partial charge in [0.2, 0.25) is 10.0 Å². The lowest BCUT2D eigenvalue weighted by Gasteiger charge is -2.26. The highest BCUT2D eigenvalue weighted by Gasteiger charge is 2.28. The zero-order valence-electron chi connectivity index (χ0n) is 13.0. The van der Waals surface area contributed by atoms with Crippen molar-refractivity contribution < 1.29 is 17.9 Å². The molecule has 0 bridgehead atoms. The van der Waals surface area contributed by atoms with E-state index in [0.29, 0.717) is 17.9 Å². The molecule has 0 saturated heterocycles. The summed E-state index contributed by atoms with van der Waals surface area (Å²) in [5.74, 6) is 0.275. The molecule has 122 valence electrons. The Kier molecular flexibility index (Phi) is 5.08. The van der Waals surface area contributed by atoms with Gasteiger partial charge in [0.05, 0.1) is 10.6 Å². The third kappa shape index (κ3) is 3.78. The van der Waals surface area contributed by atoms with E-state index in [1.807, 2.05) is 6.92 Å². The zero-order chi connectivity index (χ0) is 16.3. The van der Waals surface area contributed by atoms with Crippen molar-refractivity contribution in [3.8, 4) is 5.75 Å². The number of carbonyl (C=O) groups is 1. The van der Waals surface area contributed by atoms with Crippen LogP contribution in [0.5, 0.6) is 5.75 Å². The first kappa shape index (κ1) is 16.8. The van der Waals surface area contributed by atoms with Crippen LogP contribution in [0.25, 0.3) is 0 Å². The molecule has 1 aromatic carbocycles. The van der Waals surface area contributed by atoms with Crippen LogP contribution in [0.15, 0.2) is 23.1 Å². The second-order valence-electron chi connectivity index (χ2n) is 5.67. The minimum Gasteiger partial charge on any atom is -0.478 e. The number of sulfonamides is 1. The van der Waals surface area contributed by atoms with Crippen molar-refractivity contribution in [1.82, 2.24) is 4.72 Å². The Morgan fingerprint density at radius 1 is 1.36 bits per heavy atom. The van der Waals surface area contributed by atoms with E-state index in [1.54, 1.807) is 19.9 Å². The van der Waals surface area contributed by atoms with Gasteiger partial charge in [0.1, 0.15) is 5.75 Å². The summed E-state index contributed by atoms with van der Waals surface area (Å²) in [5.41, 5.74) is 0.393. The van der Waals surface area contributed by atoms with Crippen molar-refractivity contribution >= 4 is 21.6 Å². The van der Waals surface area contributed by atoms with Gasteiger partial charge in [-0.1, -0.05) is 13.3 Å². The fourth-order valence-electron chi connectivity index (χ4n) is 2.25. The molecule has 0 aromatic heterocycles. The summed E-state index contributed by atoms with van der Waals surface area (Å²) >= 11 is 0. The summed E-state index contributed by atoms with van der Waals surface area (Å²) in [6.07, 6.45) is 2.02. The summed E-state index contributed by atoms with van der Waals surface area (Å²) in [6.45, 7) is 5.55. The molecular formula is C15H22N2O4S. The molecule has 7 heteroatoms. The molecule has 0 radical (unpaired) electrons. The van der Waals surface area contributed by atoms with Gasteiger partial charge in [0, 0.05) is 6.04 Å². The first-order chi connectivity index (χ1) is 10.3. The molecule has 0 aliphatic carbocycles. The van der Waals surface area contributed by atoms with Gasteiger partial charge in [-0.05, 0) is 44.9 Å². The molecule has 1 heterocycles. The Morgan fingerprint density at radius 3 is 2.73 bits per heavy atom. The van der Waals surface area contributed by atoms with Crippen LogP contribution in [0.2, 0.25) is 0 Å². The van der Waals surface area contributed by atoms with E-state index in [2.05, 4.69) is 10.0 Å². The smallest absolute Gasteiger partial charge is 0.265 e. The molecule has 6 nitrogen and oxygen atoms in total. The Bertz CT molecular complexity index is 656. The van der Waals surface area contributed by atoms with Crippen LogP contribution in [0.3, 0.4) is 0 Å². The lowest BCUT2D eigenvalue weighted by molar-refractivity contribution is -0.123. The maximum absolute atomic E-state index is 12.2. The predicted molar refractivity (Wildman–Crippen MR) is 84.5 cm³/mol. The van der Waals surface area contributed by atoms with Crippen LogP contribution >= 0.6 is 0 Å². The molecule has 1 aliphatic heterocycles. The zero-order valence-corrected chi connectivity index (χ0v) is 13.9. The van der Waals surface area contributed by atoms with E-state index < -0.39 is 16.1 Å². The largest absolute Gasteiger partial charge is 0.478 e. The number of nitrogens with one attached hydrogen (secondary N) is 2. The number of amides is 1. The Balaban J connectivity index is 2.23. The molecule has 1 aromatic rings. The summed E-state index contributed by atoms with van der Waals surface area (Å²) in [5, 5.41) is 2.73. The monoisotopic (exact) mass is 326 g/mol. The molecule has 1 aliphatic rings. The van der Waals surface area contributed by atoms with Gasteiger partial charge in [-0.2, -0.15) is 0 Å². The quantitative estimate of drug-likeness (QED) is 0.840. The molecule has 2 rings (SSSR count). The maximum atomic E-state index is 12.2. The van der Waals surface area contributed by atoms with Crippen LogP contribution in [-0.4, -0.2) is 26.5 Å². The summed E-state index contributed by atoms with van der Waals surface area (Å²) in [4.78, 5) is 12.1. The number of carbonyl (C=O) groups excluding carboxylic acids is 1. The molecule has 1 atom stereocenters. The summed E-state index contributed by atoms with van der Waals surface area (Å²) in [7, 11) is -3.60. The molecule has 0 spiro atoms. The number of anilines is 1. The van der Waals surface area contributed by atoms with Crippen LogP contribution in [0.1, 0.15) is 40.0 Å². The van der Waals surface area contributed by atoms with E-state index >= 15 is 0 Å². The Morgan fingerprint density at radius 2 is 2.09 bits per heavy atom. The topological polar surface area (TPSA) is 84.5 Å². The van der Waals surface area contributed by atoms with Crippen molar-refractivity contribution in [1.29, 1.82) is 0 Å². The van der Waals surface area contributed by atoms with Gasteiger partial charge in [0.15, 0.2) is 6.10 Å². The van der Waals surface area contributed by atoms with Crippen LogP contribution in [0.4, 0.5) is 5.69 Å². The highest BCUT2D eigenvalue weighted by molar-refractivity contribution is 7.89. The number of fused-ring (bicyclic) bond motifs is 1. The molecule has 0 unspecified atom stereocenters. The van der Waals surface area contributed by atoms with Crippen LogP contribution < -0.4 is 14.8 Å².